The largest absolute Gasteiger partial charge is 0.490 e. The van der Waals surface area contributed by atoms with E-state index in [-0.39, 0.29) is 26.7 Å². The quantitative estimate of drug-likeness (QED) is 0.474. The van der Waals surface area contributed by atoms with Crippen molar-refractivity contribution in [1.29, 1.82) is 0 Å². The summed E-state index contributed by atoms with van der Waals surface area (Å²) in [5.41, 5.74) is -0.682. The molecule has 0 bridgehead atoms. The molecule has 0 aliphatic heterocycles. The van der Waals surface area contributed by atoms with Gasteiger partial charge in [0.25, 0.3) is 0 Å². The van der Waals surface area contributed by atoms with E-state index in [0.29, 0.717) is 18.5 Å². The van der Waals surface area contributed by atoms with Crippen LogP contribution in [-0.4, -0.2) is 9.55 Å². The molecule has 1 aromatic heterocycles. The number of benzene rings is 2. The highest BCUT2D eigenvalue weighted by Gasteiger charge is 2.33. The summed E-state index contributed by atoms with van der Waals surface area (Å²) in [4.78, 5) is 3.62. The SMILES string of the molecule is Fc1cc(-c2cccc3ncn(C(F)(F)F)c23)cc(F)c1F. The van der Waals surface area contributed by atoms with Crippen molar-refractivity contribution in [3.8, 4) is 11.1 Å². The lowest BCUT2D eigenvalue weighted by Crippen LogP contribution is -2.15. The molecular formula is C14H6F6N2. The van der Waals surface area contributed by atoms with Crippen LogP contribution in [0.5, 0.6) is 0 Å². The molecule has 2 aromatic carbocycles. The van der Waals surface area contributed by atoms with Gasteiger partial charge in [-0.3, -0.25) is 0 Å². The number of alkyl halides is 3. The fourth-order valence-electron chi connectivity index (χ4n) is 2.20. The Hall–Kier alpha value is -2.51. The summed E-state index contributed by atoms with van der Waals surface area (Å²) in [5, 5.41) is 0. The van der Waals surface area contributed by atoms with Gasteiger partial charge in [-0.25, -0.2) is 22.7 Å². The third kappa shape index (κ3) is 2.20. The zero-order valence-electron chi connectivity index (χ0n) is 10.6. The Morgan fingerprint density at radius 1 is 0.955 bits per heavy atom. The maximum absolute atomic E-state index is 13.3. The van der Waals surface area contributed by atoms with E-state index < -0.39 is 23.8 Å². The van der Waals surface area contributed by atoms with Gasteiger partial charge in [-0.1, -0.05) is 12.1 Å². The zero-order valence-corrected chi connectivity index (χ0v) is 10.6. The van der Waals surface area contributed by atoms with Crippen LogP contribution in [0.1, 0.15) is 0 Å². The molecule has 22 heavy (non-hydrogen) atoms. The molecule has 0 radical (unpaired) electrons. The van der Waals surface area contributed by atoms with Crippen molar-refractivity contribution < 1.29 is 26.3 Å². The molecule has 0 atom stereocenters. The molecule has 8 heteroatoms. The Morgan fingerprint density at radius 3 is 2.18 bits per heavy atom. The van der Waals surface area contributed by atoms with Crippen molar-refractivity contribution >= 4 is 11.0 Å². The molecule has 0 aliphatic rings. The Morgan fingerprint density at radius 2 is 1.59 bits per heavy atom. The predicted molar refractivity (Wildman–Crippen MR) is 66.3 cm³/mol. The van der Waals surface area contributed by atoms with Gasteiger partial charge in [0.1, 0.15) is 6.33 Å². The highest BCUT2D eigenvalue weighted by atomic mass is 19.4. The van der Waals surface area contributed by atoms with E-state index in [1.807, 2.05) is 0 Å². The summed E-state index contributed by atoms with van der Waals surface area (Å²) in [6.07, 6.45) is -4.17. The molecule has 0 amide bonds. The number of fused-ring (bicyclic) bond motifs is 1. The summed E-state index contributed by atoms with van der Waals surface area (Å²) in [5.74, 6) is -4.64. The van der Waals surface area contributed by atoms with Crippen LogP contribution in [0.25, 0.3) is 22.2 Å². The summed E-state index contributed by atoms with van der Waals surface area (Å²) in [7, 11) is 0. The molecule has 0 unspecified atom stereocenters. The van der Waals surface area contributed by atoms with E-state index in [2.05, 4.69) is 4.98 Å². The highest BCUT2D eigenvalue weighted by molar-refractivity contribution is 5.92. The van der Waals surface area contributed by atoms with Crippen LogP contribution in [-0.2, 0) is 6.30 Å². The maximum atomic E-state index is 13.3. The second-order valence-corrected chi connectivity index (χ2v) is 4.51. The molecule has 0 spiro atoms. The first-order chi connectivity index (χ1) is 10.3. The van der Waals surface area contributed by atoms with E-state index in [9.17, 15) is 26.3 Å². The topological polar surface area (TPSA) is 17.8 Å². The molecule has 0 fully saturated rings. The highest BCUT2D eigenvalue weighted by Crippen LogP contribution is 2.34. The van der Waals surface area contributed by atoms with Crippen LogP contribution >= 0.6 is 0 Å². The molecule has 1 heterocycles. The van der Waals surface area contributed by atoms with Crippen molar-refractivity contribution in [2.45, 2.75) is 6.30 Å². The molecule has 0 saturated carbocycles. The third-order valence-electron chi connectivity index (χ3n) is 3.14. The van der Waals surface area contributed by atoms with Crippen LogP contribution in [0.3, 0.4) is 0 Å². The number of rotatable bonds is 1. The van der Waals surface area contributed by atoms with E-state index in [0.717, 1.165) is 0 Å². The third-order valence-corrected chi connectivity index (χ3v) is 3.14. The summed E-state index contributed by atoms with van der Waals surface area (Å²) < 4.78 is 78.5. The van der Waals surface area contributed by atoms with Gasteiger partial charge in [0.2, 0.25) is 0 Å². The van der Waals surface area contributed by atoms with E-state index >= 15 is 0 Å². The minimum Gasteiger partial charge on any atom is -0.240 e. The minimum atomic E-state index is -4.75. The van der Waals surface area contributed by atoms with Gasteiger partial charge in [0.15, 0.2) is 17.5 Å². The maximum Gasteiger partial charge on any atom is 0.490 e. The molecule has 0 aliphatic carbocycles. The van der Waals surface area contributed by atoms with Gasteiger partial charge in [-0.15, -0.1) is 13.2 Å². The van der Waals surface area contributed by atoms with Gasteiger partial charge in [0, 0.05) is 5.56 Å². The average molecular weight is 316 g/mol. The average Bonchev–Trinajstić information content (AvgIpc) is 2.88. The summed E-state index contributed by atoms with van der Waals surface area (Å²) in [6.45, 7) is 0. The van der Waals surface area contributed by atoms with Crippen molar-refractivity contribution in [3.05, 3.63) is 54.1 Å². The monoisotopic (exact) mass is 316 g/mol. The number of para-hydroxylation sites is 1. The second kappa shape index (κ2) is 4.75. The lowest BCUT2D eigenvalue weighted by Gasteiger charge is -2.12. The lowest BCUT2D eigenvalue weighted by atomic mass is 10.0. The molecule has 0 N–H and O–H groups in total. The van der Waals surface area contributed by atoms with Crippen LogP contribution in [0.4, 0.5) is 26.3 Å². The Balaban J connectivity index is 2.34. The Kier molecular flexibility index (Phi) is 3.12. The van der Waals surface area contributed by atoms with Gasteiger partial charge in [-0.2, -0.15) is 0 Å². The Labute approximate surface area is 119 Å². The number of halogens is 6. The molecule has 0 saturated heterocycles. The Bertz CT molecular complexity index is 842. The van der Waals surface area contributed by atoms with Gasteiger partial charge >= 0.3 is 6.30 Å². The van der Waals surface area contributed by atoms with Crippen molar-refractivity contribution in [2.24, 2.45) is 0 Å². The first kappa shape index (κ1) is 14.4. The first-order valence-corrected chi connectivity index (χ1v) is 5.97. The summed E-state index contributed by atoms with van der Waals surface area (Å²) >= 11 is 0. The number of nitrogens with zero attached hydrogens (tertiary/aromatic N) is 2. The van der Waals surface area contributed by atoms with Crippen molar-refractivity contribution in [2.75, 3.05) is 0 Å². The summed E-state index contributed by atoms with van der Waals surface area (Å²) in [6, 6.07) is 5.25. The first-order valence-electron chi connectivity index (χ1n) is 5.97. The standard InChI is InChI=1S/C14H6F6N2/c15-9-4-7(5-10(16)12(9)17)8-2-1-3-11-13(8)22(6-21-11)14(18,19)20/h1-6H. The van der Waals surface area contributed by atoms with Crippen LogP contribution in [0.2, 0.25) is 0 Å². The van der Waals surface area contributed by atoms with Gasteiger partial charge < -0.3 is 0 Å². The molecule has 2 nitrogen and oxygen atoms in total. The lowest BCUT2D eigenvalue weighted by molar-refractivity contribution is -0.200. The zero-order chi connectivity index (χ0) is 16.1. The molecule has 114 valence electrons. The number of hydrogen-bond acceptors (Lipinski definition) is 1. The smallest absolute Gasteiger partial charge is 0.240 e. The normalized spacial score (nSPS) is 12.1. The van der Waals surface area contributed by atoms with Crippen molar-refractivity contribution in [3.63, 3.8) is 0 Å². The van der Waals surface area contributed by atoms with Gasteiger partial charge in [0.05, 0.1) is 11.0 Å². The fraction of sp³-hybridized carbons (Fsp3) is 0.0714. The number of imidazole rings is 1. The predicted octanol–water partition coefficient (Wildman–Crippen LogP) is 4.60. The van der Waals surface area contributed by atoms with E-state index in [1.165, 1.54) is 18.2 Å². The van der Waals surface area contributed by atoms with Gasteiger partial charge in [-0.05, 0) is 23.8 Å². The molecule has 3 aromatic rings. The molecule has 3 rings (SSSR count). The number of aromatic nitrogens is 2. The van der Waals surface area contributed by atoms with E-state index in [1.54, 1.807) is 0 Å². The number of hydrogen-bond donors (Lipinski definition) is 0. The van der Waals surface area contributed by atoms with Crippen LogP contribution in [0.15, 0.2) is 36.7 Å². The van der Waals surface area contributed by atoms with E-state index in [4.69, 9.17) is 0 Å². The van der Waals surface area contributed by atoms with Crippen LogP contribution < -0.4 is 0 Å². The van der Waals surface area contributed by atoms with Crippen molar-refractivity contribution in [1.82, 2.24) is 9.55 Å². The fourth-order valence-corrected chi connectivity index (χ4v) is 2.20. The minimum absolute atomic E-state index is 0.0000312. The van der Waals surface area contributed by atoms with Crippen LogP contribution in [0, 0.1) is 17.5 Å². The second-order valence-electron chi connectivity index (χ2n) is 4.51. The molecular weight excluding hydrogens is 310 g/mol.